The van der Waals surface area contributed by atoms with Gasteiger partial charge >= 0.3 is 18.9 Å². The molecule has 0 saturated carbocycles. The number of likely N-dealkylation sites (tertiary alicyclic amines) is 1. The van der Waals surface area contributed by atoms with E-state index < -0.39 is 0 Å². The molecule has 1 heterocycles. The van der Waals surface area contributed by atoms with E-state index in [1.165, 1.54) is 44.3 Å². The standard InChI is InChI=1S/C18H29N2.Li/c1-16(2)11-12-19-18(17-9-5-3-6-10-17)15-20-13-7-4-8-14-20;/h3,5-6,9-10,16,18H,4,7-8,11-15H2,1-2H3;/q-1;+1/t18-;/m0./s1. The topological polar surface area (TPSA) is 17.3 Å². The van der Waals surface area contributed by atoms with E-state index in [1.54, 1.807) is 0 Å². The van der Waals surface area contributed by atoms with E-state index in [0.717, 1.165) is 19.0 Å². The molecule has 0 N–H and O–H groups in total. The Morgan fingerprint density at radius 2 is 1.71 bits per heavy atom. The van der Waals surface area contributed by atoms with Gasteiger partial charge in [-0.05, 0) is 38.4 Å². The third-order valence-electron chi connectivity index (χ3n) is 4.12. The molecule has 3 heteroatoms. The Hall–Kier alpha value is -0.263. The maximum absolute atomic E-state index is 4.99. The molecule has 1 aromatic rings. The summed E-state index contributed by atoms with van der Waals surface area (Å²) in [6, 6.07) is 11.2. The Labute approximate surface area is 142 Å². The van der Waals surface area contributed by atoms with E-state index in [9.17, 15) is 0 Å². The first-order chi connectivity index (χ1) is 9.75. The first kappa shape index (κ1) is 18.8. The molecule has 2 rings (SSSR count). The van der Waals surface area contributed by atoms with Crippen molar-refractivity contribution < 1.29 is 18.9 Å². The van der Waals surface area contributed by atoms with Crippen LogP contribution in [-0.4, -0.2) is 31.1 Å². The maximum Gasteiger partial charge on any atom is 1.00 e. The number of nitrogens with zero attached hydrogens (tertiary/aromatic N) is 2. The van der Waals surface area contributed by atoms with Crippen molar-refractivity contribution >= 4 is 0 Å². The van der Waals surface area contributed by atoms with E-state index in [2.05, 4.69) is 49.1 Å². The van der Waals surface area contributed by atoms with Crippen LogP contribution in [0.3, 0.4) is 0 Å². The van der Waals surface area contributed by atoms with Gasteiger partial charge in [-0.15, -0.1) is 6.54 Å². The smallest absolute Gasteiger partial charge is 0.655 e. The van der Waals surface area contributed by atoms with Gasteiger partial charge in [-0.1, -0.05) is 68.6 Å². The third kappa shape index (κ3) is 7.02. The molecule has 1 saturated heterocycles. The zero-order chi connectivity index (χ0) is 14.2. The van der Waals surface area contributed by atoms with E-state index in [0.29, 0.717) is 6.04 Å². The molecule has 1 aliphatic heterocycles. The molecule has 0 radical (unpaired) electrons. The minimum absolute atomic E-state index is 0. The van der Waals surface area contributed by atoms with Crippen molar-refractivity contribution in [3.63, 3.8) is 0 Å². The summed E-state index contributed by atoms with van der Waals surface area (Å²) >= 11 is 0. The number of rotatable bonds is 7. The zero-order valence-electron chi connectivity index (χ0n) is 14.1. The first-order valence-corrected chi connectivity index (χ1v) is 8.19. The van der Waals surface area contributed by atoms with Crippen LogP contribution >= 0.6 is 0 Å². The number of piperidine rings is 1. The van der Waals surface area contributed by atoms with Crippen LogP contribution < -0.4 is 18.9 Å². The molecule has 0 aromatic heterocycles. The molecule has 0 amide bonds. The molecular weight excluding hydrogens is 251 g/mol. The van der Waals surface area contributed by atoms with Gasteiger partial charge in [0, 0.05) is 0 Å². The van der Waals surface area contributed by atoms with Gasteiger partial charge in [-0.3, -0.25) is 0 Å². The molecule has 0 spiro atoms. The molecule has 2 nitrogen and oxygen atoms in total. The van der Waals surface area contributed by atoms with Gasteiger partial charge in [0.05, 0.1) is 0 Å². The monoisotopic (exact) mass is 280 g/mol. The van der Waals surface area contributed by atoms with E-state index >= 15 is 0 Å². The normalized spacial score (nSPS) is 17.5. The van der Waals surface area contributed by atoms with Crippen LogP contribution in [-0.2, 0) is 0 Å². The summed E-state index contributed by atoms with van der Waals surface area (Å²) < 4.78 is 0. The van der Waals surface area contributed by atoms with Crippen molar-refractivity contribution in [1.82, 2.24) is 4.90 Å². The summed E-state index contributed by atoms with van der Waals surface area (Å²) in [4.78, 5) is 2.60. The van der Waals surface area contributed by atoms with Gasteiger partial charge in [0.25, 0.3) is 0 Å². The predicted octanol–water partition coefficient (Wildman–Crippen LogP) is 1.64. The van der Waals surface area contributed by atoms with E-state index in [1.807, 2.05) is 0 Å². The van der Waals surface area contributed by atoms with Gasteiger partial charge in [0.15, 0.2) is 0 Å². The molecule has 1 fully saturated rings. The molecule has 112 valence electrons. The number of hydrogen-bond donors (Lipinski definition) is 0. The second-order valence-electron chi connectivity index (χ2n) is 6.38. The Kier molecular flexibility index (Phi) is 9.36. The van der Waals surface area contributed by atoms with Crippen LogP contribution in [0.4, 0.5) is 0 Å². The first-order valence-electron chi connectivity index (χ1n) is 8.19. The van der Waals surface area contributed by atoms with Crippen LogP contribution in [0.15, 0.2) is 30.3 Å². The predicted molar refractivity (Wildman–Crippen MR) is 87.2 cm³/mol. The van der Waals surface area contributed by atoms with Crippen LogP contribution in [0.5, 0.6) is 0 Å². The van der Waals surface area contributed by atoms with Crippen molar-refractivity contribution in [2.45, 2.75) is 45.6 Å². The third-order valence-corrected chi connectivity index (χ3v) is 4.12. The fourth-order valence-corrected chi connectivity index (χ4v) is 2.82. The van der Waals surface area contributed by atoms with Crippen molar-refractivity contribution in [1.29, 1.82) is 0 Å². The molecule has 0 bridgehead atoms. The molecule has 21 heavy (non-hydrogen) atoms. The van der Waals surface area contributed by atoms with Crippen molar-refractivity contribution in [2.75, 3.05) is 26.2 Å². The van der Waals surface area contributed by atoms with Gasteiger partial charge in [-0.25, -0.2) is 0 Å². The fourth-order valence-electron chi connectivity index (χ4n) is 2.82. The Morgan fingerprint density at radius 1 is 1.05 bits per heavy atom. The van der Waals surface area contributed by atoms with Crippen molar-refractivity contribution in [2.24, 2.45) is 5.92 Å². The molecular formula is C18H29LiN2. The molecule has 1 aromatic carbocycles. The fraction of sp³-hybridized carbons (Fsp3) is 0.667. The summed E-state index contributed by atoms with van der Waals surface area (Å²) in [5.74, 6) is 0.741. The second-order valence-corrected chi connectivity index (χ2v) is 6.38. The Balaban J connectivity index is 0.00000220. The average Bonchev–Trinajstić information content (AvgIpc) is 2.48. The van der Waals surface area contributed by atoms with Crippen molar-refractivity contribution in [3.05, 3.63) is 41.2 Å². The van der Waals surface area contributed by atoms with Crippen LogP contribution in [0, 0.1) is 5.92 Å². The maximum atomic E-state index is 4.99. The molecule has 1 atom stereocenters. The summed E-state index contributed by atoms with van der Waals surface area (Å²) in [5, 5.41) is 4.99. The molecule has 0 unspecified atom stereocenters. The summed E-state index contributed by atoms with van der Waals surface area (Å²) in [5.41, 5.74) is 1.38. The van der Waals surface area contributed by atoms with E-state index in [4.69, 9.17) is 5.32 Å². The minimum atomic E-state index is 0. The summed E-state index contributed by atoms with van der Waals surface area (Å²) in [7, 11) is 0. The van der Waals surface area contributed by atoms with Crippen LogP contribution in [0.2, 0.25) is 0 Å². The summed E-state index contributed by atoms with van der Waals surface area (Å²) in [6.07, 6.45) is 5.31. The molecule has 0 aliphatic carbocycles. The van der Waals surface area contributed by atoms with E-state index in [-0.39, 0.29) is 18.9 Å². The Bertz CT molecular complexity index is 361. The van der Waals surface area contributed by atoms with Gasteiger partial charge in [-0.2, -0.15) is 0 Å². The van der Waals surface area contributed by atoms with Gasteiger partial charge in [0.1, 0.15) is 0 Å². The van der Waals surface area contributed by atoms with Crippen LogP contribution in [0.1, 0.15) is 51.1 Å². The number of benzene rings is 1. The minimum Gasteiger partial charge on any atom is -0.655 e. The average molecular weight is 280 g/mol. The van der Waals surface area contributed by atoms with Gasteiger partial charge in [0.2, 0.25) is 0 Å². The number of hydrogen-bond acceptors (Lipinski definition) is 1. The zero-order valence-corrected chi connectivity index (χ0v) is 14.1. The quantitative estimate of drug-likeness (QED) is 0.694. The largest absolute Gasteiger partial charge is 1.00 e. The van der Waals surface area contributed by atoms with Crippen molar-refractivity contribution in [3.8, 4) is 0 Å². The van der Waals surface area contributed by atoms with Gasteiger partial charge < -0.3 is 10.2 Å². The molecule has 1 aliphatic rings. The summed E-state index contributed by atoms with van der Waals surface area (Å²) in [6.45, 7) is 9.15. The Morgan fingerprint density at radius 3 is 2.33 bits per heavy atom. The van der Waals surface area contributed by atoms with Crippen LogP contribution in [0.25, 0.3) is 5.32 Å². The second kappa shape index (κ2) is 10.5. The SMILES string of the molecule is CC(C)CC[N-][C@@H](CN1CCCCC1)c1ccccc1.[Li+].